The quantitative estimate of drug-likeness (QED) is 0.791. The van der Waals surface area contributed by atoms with Crippen LogP contribution >= 0.6 is 11.3 Å². The van der Waals surface area contributed by atoms with Gasteiger partial charge < -0.3 is 10.1 Å². The minimum atomic E-state index is -3.39. The number of ether oxygens (including phenoxy) is 1. The number of rotatable bonds is 8. The molecule has 1 aromatic heterocycles. The molecule has 0 aliphatic heterocycles. The van der Waals surface area contributed by atoms with Crippen molar-refractivity contribution in [3.05, 3.63) is 16.3 Å². The Morgan fingerprint density at radius 2 is 2.16 bits per heavy atom. The van der Waals surface area contributed by atoms with E-state index in [1.54, 1.807) is 25.6 Å². The minimum Gasteiger partial charge on any atom is -0.383 e. The third kappa shape index (κ3) is 4.85. The van der Waals surface area contributed by atoms with Crippen LogP contribution in [0.2, 0.25) is 0 Å². The maximum absolute atomic E-state index is 12.2. The Balaban J connectivity index is 2.73. The molecule has 0 atom stereocenters. The van der Waals surface area contributed by atoms with Crippen molar-refractivity contribution in [2.45, 2.75) is 31.3 Å². The van der Waals surface area contributed by atoms with E-state index in [1.807, 2.05) is 0 Å². The summed E-state index contributed by atoms with van der Waals surface area (Å²) in [6.07, 6.45) is 0. The molecule has 0 aliphatic carbocycles. The summed E-state index contributed by atoms with van der Waals surface area (Å²) in [7, 11) is -0.269. The molecule has 1 N–H and O–H groups in total. The van der Waals surface area contributed by atoms with Gasteiger partial charge in [-0.3, -0.25) is 0 Å². The van der Waals surface area contributed by atoms with Gasteiger partial charge in [0.15, 0.2) is 0 Å². The molecule has 0 saturated heterocycles. The summed E-state index contributed by atoms with van der Waals surface area (Å²) < 4.78 is 30.7. The first-order valence-electron chi connectivity index (χ1n) is 6.14. The molecule has 0 saturated carbocycles. The number of sulfonamides is 1. The monoisotopic (exact) mass is 306 g/mol. The number of nitrogens with one attached hydrogen (secondary N) is 1. The fourth-order valence-electron chi connectivity index (χ4n) is 1.41. The number of hydrogen-bond donors (Lipinski definition) is 1. The second kappa shape index (κ2) is 7.35. The number of nitrogens with zero attached hydrogens (tertiary/aromatic N) is 1. The van der Waals surface area contributed by atoms with Crippen LogP contribution in [0.5, 0.6) is 0 Å². The summed E-state index contributed by atoms with van der Waals surface area (Å²) in [5.41, 5.74) is 0. The first kappa shape index (κ1) is 16.6. The van der Waals surface area contributed by atoms with E-state index < -0.39 is 10.0 Å². The van der Waals surface area contributed by atoms with Gasteiger partial charge in [-0.05, 0) is 6.07 Å². The van der Waals surface area contributed by atoms with Crippen LogP contribution in [0.4, 0.5) is 0 Å². The van der Waals surface area contributed by atoms with Crippen LogP contribution < -0.4 is 5.32 Å². The summed E-state index contributed by atoms with van der Waals surface area (Å²) in [5.74, 6) is 0. The maximum atomic E-state index is 12.2. The van der Waals surface area contributed by atoms with Crippen molar-refractivity contribution in [1.82, 2.24) is 9.62 Å². The van der Waals surface area contributed by atoms with Gasteiger partial charge in [-0.15, -0.1) is 11.3 Å². The number of likely N-dealkylation sites (N-methyl/N-ethyl adjacent to an activating group) is 1. The molecule has 1 aromatic rings. The fraction of sp³-hybridized carbons (Fsp3) is 0.667. The molecular weight excluding hydrogens is 284 g/mol. The van der Waals surface area contributed by atoms with Crippen molar-refractivity contribution in [3.63, 3.8) is 0 Å². The zero-order valence-electron chi connectivity index (χ0n) is 11.8. The fourth-order valence-corrected chi connectivity index (χ4v) is 3.78. The van der Waals surface area contributed by atoms with Gasteiger partial charge in [-0.2, -0.15) is 4.31 Å². The third-order valence-corrected chi connectivity index (χ3v) is 5.55. The van der Waals surface area contributed by atoms with Crippen molar-refractivity contribution in [3.8, 4) is 0 Å². The lowest BCUT2D eigenvalue weighted by molar-refractivity contribution is 0.185. The number of thiophene rings is 1. The smallest absolute Gasteiger partial charge is 0.243 e. The standard InChI is InChI=1S/C12H22N2O3S2/c1-10(2)13-8-11-7-12(9-18-11)19(15,16)14(3)5-6-17-4/h7,9-10,13H,5-6,8H2,1-4H3. The molecule has 0 unspecified atom stereocenters. The molecule has 0 spiro atoms. The zero-order valence-corrected chi connectivity index (χ0v) is 13.5. The van der Waals surface area contributed by atoms with Gasteiger partial charge in [0.05, 0.1) is 11.5 Å². The Kier molecular flexibility index (Phi) is 6.41. The molecule has 7 heteroatoms. The Labute approximate surface area is 119 Å². The molecule has 5 nitrogen and oxygen atoms in total. The van der Waals surface area contributed by atoms with Crippen LogP contribution in [0.15, 0.2) is 16.3 Å². The van der Waals surface area contributed by atoms with Crippen molar-refractivity contribution in [2.24, 2.45) is 0 Å². The first-order valence-corrected chi connectivity index (χ1v) is 8.46. The topological polar surface area (TPSA) is 58.6 Å². The largest absolute Gasteiger partial charge is 0.383 e. The van der Waals surface area contributed by atoms with Crippen LogP contribution in [-0.4, -0.2) is 46.1 Å². The molecule has 0 amide bonds. The SMILES string of the molecule is COCCN(C)S(=O)(=O)c1csc(CNC(C)C)c1. The van der Waals surface area contributed by atoms with Crippen molar-refractivity contribution < 1.29 is 13.2 Å². The zero-order chi connectivity index (χ0) is 14.5. The summed E-state index contributed by atoms with van der Waals surface area (Å²) in [4.78, 5) is 1.38. The lowest BCUT2D eigenvalue weighted by Crippen LogP contribution is -2.29. The number of methoxy groups -OCH3 is 1. The molecular formula is C12H22N2O3S2. The highest BCUT2D eigenvalue weighted by Gasteiger charge is 2.21. The van der Waals surface area contributed by atoms with Crippen molar-refractivity contribution in [1.29, 1.82) is 0 Å². The maximum Gasteiger partial charge on any atom is 0.243 e. The highest BCUT2D eigenvalue weighted by atomic mass is 32.2. The van der Waals surface area contributed by atoms with Gasteiger partial charge in [-0.1, -0.05) is 13.8 Å². The van der Waals surface area contributed by atoms with E-state index >= 15 is 0 Å². The van der Waals surface area contributed by atoms with Gasteiger partial charge in [0, 0.05) is 43.5 Å². The van der Waals surface area contributed by atoms with E-state index in [2.05, 4.69) is 19.2 Å². The highest BCUT2D eigenvalue weighted by molar-refractivity contribution is 7.89. The third-order valence-electron chi connectivity index (χ3n) is 2.63. The summed E-state index contributed by atoms with van der Waals surface area (Å²) >= 11 is 1.46. The van der Waals surface area contributed by atoms with Gasteiger partial charge in [-0.25, -0.2) is 8.42 Å². The number of hydrogen-bond acceptors (Lipinski definition) is 5. The van der Waals surface area contributed by atoms with E-state index in [0.29, 0.717) is 30.6 Å². The molecule has 0 radical (unpaired) electrons. The summed E-state index contributed by atoms with van der Waals surface area (Å²) in [5, 5.41) is 4.96. The molecule has 19 heavy (non-hydrogen) atoms. The Hall–Kier alpha value is -0.470. The molecule has 1 rings (SSSR count). The van der Waals surface area contributed by atoms with Crippen LogP contribution in [-0.2, 0) is 21.3 Å². The van der Waals surface area contributed by atoms with Gasteiger partial charge in [0.1, 0.15) is 0 Å². The van der Waals surface area contributed by atoms with Crippen molar-refractivity contribution in [2.75, 3.05) is 27.3 Å². The van der Waals surface area contributed by atoms with Gasteiger partial charge in [0.2, 0.25) is 10.0 Å². The second-order valence-electron chi connectivity index (χ2n) is 4.60. The second-order valence-corrected chi connectivity index (χ2v) is 7.64. The van der Waals surface area contributed by atoms with Crippen molar-refractivity contribution >= 4 is 21.4 Å². The van der Waals surface area contributed by atoms with Gasteiger partial charge >= 0.3 is 0 Å². The van der Waals surface area contributed by atoms with Crippen LogP contribution in [0.1, 0.15) is 18.7 Å². The van der Waals surface area contributed by atoms with E-state index in [4.69, 9.17) is 4.74 Å². The molecule has 0 aliphatic rings. The summed E-state index contributed by atoms with van der Waals surface area (Å²) in [6.45, 7) is 5.56. The Morgan fingerprint density at radius 3 is 2.74 bits per heavy atom. The Morgan fingerprint density at radius 1 is 1.47 bits per heavy atom. The highest BCUT2D eigenvalue weighted by Crippen LogP contribution is 2.22. The lowest BCUT2D eigenvalue weighted by Gasteiger charge is -2.15. The van der Waals surface area contributed by atoms with Crippen LogP contribution in [0, 0.1) is 0 Å². The van der Waals surface area contributed by atoms with E-state index in [1.165, 1.54) is 15.6 Å². The molecule has 110 valence electrons. The minimum absolute atomic E-state index is 0.355. The van der Waals surface area contributed by atoms with E-state index in [9.17, 15) is 8.42 Å². The predicted molar refractivity (Wildman–Crippen MR) is 78.0 cm³/mol. The normalized spacial score (nSPS) is 12.5. The molecule has 0 aromatic carbocycles. The van der Waals surface area contributed by atoms with E-state index in [-0.39, 0.29) is 0 Å². The van der Waals surface area contributed by atoms with Gasteiger partial charge in [0.25, 0.3) is 0 Å². The van der Waals surface area contributed by atoms with Crippen LogP contribution in [0.25, 0.3) is 0 Å². The summed E-state index contributed by atoms with van der Waals surface area (Å²) in [6, 6.07) is 2.12. The lowest BCUT2D eigenvalue weighted by atomic mass is 10.4. The Bertz CT molecular complexity index is 483. The molecule has 1 heterocycles. The first-order chi connectivity index (χ1) is 8.87. The average Bonchev–Trinajstić information content (AvgIpc) is 2.82. The molecule has 0 fully saturated rings. The molecule has 0 bridgehead atoms. The van der Waals surface area contributed by atoms with Crippen LogP contribution in [0.3, 0.4) is 0 Å². The van der Waals surface area contributed by atoms with E-state index in [0.717, 1.165) is 4.88 Å². The average molecular weight is 306 g/mol. The predicted octanol–water partition coefficient (Wildman–Crippen LogP) is 1.51.